The maximum absolute atomic E-state index is 12.3. The van der Waals surface area contributed by atoms with Crippen LogP contribution in [0.2, 0.25) is 0 Å². The molecule has 24 heavy (non-hydrogen) atoms. The standard InChI is InChI=1S/C15H11N3O6/c1-9(19)13-4-2-3-5-14(13)16-15(20)10-6-11(17(21)22)8-12(7-10)18(23)24/h2-8H,1H3,(H,16,20). The molecule has 2 rings (SSSR count). The molecule has 0 spiro atoms. The largest absolute Gasteiger partial charge is 0.321 e. The number of benzene rings is 2. The van der Waals surface area contributed by atoms with E-state index >= 15 is 0 Å². The predicted molar refractivity (Wildman–Crippen MR) is 84.2 cm³/mol. The second-order valence-corrected chi connectivity index (χ2v) is 4.81. The van der Waals surface area contributed by atoms with E-state index in [1.807, 2.05) is 0 Å². The fourth-order valence-electron chi connectivity index (χ4n) is 2.03. The number of anilines is 1. The van der Waals surface area contributed by atoms with Gasteiger partial charge in [0.2, 0.25) is 0 Å². The number of amides is 1. The minimum Gasteiger partial charge on any atom is -0.321 e. The molecule has 0 heterocycles. The number of nitro benzene ring substituents is 2. The first-order valence-electron chi connectivity index (χ1n) is 6.65. The van der Waals surface area contributed by atoms with Crippen molar-refractivity contribution < 1.29 is 19.4 Å². The SMILES string of the molecule is CC(=O)c1ccccc1NC(=O)c1cc([N+](=O)[O-])cc([N+](=O)[O-])c1. The number of hydrogen-bond donors (Lipinski definition) is 1. The normalized spacial score (nSPS) is 10.0. The number of Topliss-reactive ketones (excluding diaryl/α,β-unsaturated/α-hetero) is 1. The molecule has 1 amide bonds. The molecule has 2 aromatic carbocycles. The zero-order chi connectivity index (χ0) is 17.9. The van der Waals surface area contributed by atoms with Gasteiger partial charge in [-0.25, -0.2) is 0 Å². The number of para-hydroxylation sites is 1. The second kappa shape index (κ2) is 6.65. The van der Waals surface area contributed by atoms with Crippen molar-refractivity contribution in [3.63, 3.8) is 0 Å². The van der Waals surface area contributed by atoms with Crippen molar-refractivity contribution in [1.82, 2.24) is 0 Å². The van der Waals surface area contributed by atoms with Crippen molar-refractivity contribution in [2.24, 2.45) is 0 Å². The molecule has 9 heteroatoms. The van der Waals surface area contributed by atoms with Crippen molar-refractivity contribution in [3.8, 4) is 0 Å². The van der Waals surface area contributed by atoms with Crippen LogP contribution in [0, 0.1) is 20.2 Å². The monoisotopic (exact) mass is 329 g/mol. The predicted octanol–water partition coefficient (Wildman–Crippen LogP) is 2.96. The first kappa shape index (κ1) is 16.7. The Bertz CT molecular complexity index is 830. The summed E-state index contributed by atoms with van der Waals surface area (Å²) in [6.45, 7) is 1.32. The minimum atomic E-state index is -0.826. The fourth-order valence-corrected chi connectivity index (χ4v) is 2.03. The molecule has 0 fully saturated rings. The van der Waals surface area contributed by atoms with E-state index in [1.165, 1.54) is 19.1 Å². The Balaban J connectivity index is 2.42. The van der Waals surface area contributed by atoms with E-state index in [0.717, 1.165) is 18.2 Å². The maximum Gasteiger partial charge on any atom is 0.277 e. The molecule has 0 aromatic heterocycles. The van der Waals surface area contributed by atoms with Crippen LogP contribution >= 0.6 is 0 Å². The summed E-state index contributed by atoms with van der Waals surface area (Å²) in [6, 6.07) is 8.83. The van der Waals surface area contributed by atoms with Gasteiger partial charge in [0.15, 0.2) is 5.78 Å². The summed E-state index contributed by atoms with van der Waals surface area (Å²) < 4.78 is 0. The van der Waals surface area contributed by atoms with Crippen LogP contribution in [-0.4, -0.2) is 21.5 Å². The van der Waals surface area contributed by atoms with E-state index in [-0.39, 0.29) is 22.6 Å². The van der Waals surface area contributed by atoms with Gasteiger partial charge in [-0.15, -0.1) is 0 Å². The van der Waals surface area contributed by atoms with E-state index in [1.54, 1.807) is 12.1 Å². The topological polar surface area (TPSA) is 132 Å². The first-order valence-corrected chi connectivity index (χ1v) is 6.65. The number of rotatable bonds is 5. The molecule has 0 atom stereocenters. The molecule has 2 aromatic rings. The molecule has 0 saturated carbocycles. The first-order chi connectivity index (χ1) is 11.3. The van der Waals surface area contributed by atoms with Crippen molar-refractivity contribution in [1.29, 1.82) is 0 Å². The number of non-ortho nitro benzene ring substituents is 2. The molecule has 0 bridgehead atoms. The van der Waals surface area contributed by atoms with Crippen molar-refractivity contribution in [3.05, 3.63) is 73.8 Å². The van der Waals surface area contributed by atoms with Gasteiger partial charge in [0.25, 0.3) is 17.3 Å². The smallest absolute Gasteiger partial charge is 0.277 e. The highest BCUT2D eigenvalue weighted by atomic mass is 16.6. The third-order valence-corrected chi connectivity index (χ3v) is 3.14. The Morgan fingerprint density at radius 3 is 2.00 bits per heavy atom. The number of nitrogens with zero attached hydrogens (tertiary/aromatic N) is 2. The van der Waals surface area contributed by atoms with E-state index < -0.39 is 27.1 Å². The number of nitrogens with one attached hydrogen (secondary N) is 1. The van der Waals surface area contributed by atoms with Crippen molar-refractivity contribution in [2.45, 2.75) is 6.92 Å². The van der Waals surface area contributed by atoms with Crippen LogP contribution in [0.3, 0.4) is 0 Å². The molecule has 0 unspecified atom stereocenters. The zero-order valence-electron chi connectivity index (χ0n) is 12.4. The lowest BCUT2D eigenvalue weighted by Gasteiger charge is -2.09. The Morgan fingerprint density at radius 1 is 0.958 bits per heavy atom. The Labute approximate surface area is 135 Å². The minimum absolute atomic E-state index is 0.212. The van der Waals surface area contributed by atoms with Gasteiger partial charge in [0.1, 0.15) is 0 Å². The lowest BCUT2D eigenvalue weighted by atomic mass is 10.1. The van der Waals surface area contributed by atoms with E-state index in [0.29, 0.717) is 0 Å². The molecule has 0 aliphatic carbocycles. The van der Waals surface area contributed by atoms with Gasteiger partial charge in [-0.1, -0.05) is 12.1 Å². The highest BCUT2D eigenvalue weighted by Gasteiger charge is 2.20. The second-order valence-electron chi connectivity index (χ2n) is 4.81. The van der Waals surface area contributed by atoms with Gasteiger partial charge in [-0.05, 0) is 19.1 Å². The number of ketones is 1. The van der Waals surface area contributed by atoms with Crippen LogP contribution in [-0.2, 0) is 0 Å². The van der Waals surface area contributed by atoms with Crippen LogP contribution in [0.4, 0.5) is 17.1 Å². The van der Waals surface area contributed by atoms with Crippen LogP contribution in [0.1, 0.15) is 27.6 Å². The summed E-state index contributed by atoms with van der Waals surface area (Å²) in [5.41, 5.74) is -0.937. The lowest BCUT2D eigenvalue weighted by Crippen LogP contribution is -2.14. The average Bonchev–Trinajstić information content (AvgIpc) is 2.54. The summed E-state index contributed by atoms with van der Waals surface area (Å²) in [5, 5.41) is 24.2. The van der Waals surface area contributed by atoms with Gasteiger partial charge in [0.05, 0.1) is 27.2 Å². The summed E-state index contributed by atoms with van der Waals surface area (Å²) in [7, 11) is 0. The molecular weight excluding hydrogens is 318 g/mol. The molecule has 1 N–H and O–H groups in total. The van der Waals surface area contributed by atoms with E-state index in [9.17, 15) is 29.8 Å². The molecule has 122 valence electrons. The van der Waals surface area contributed by atoms with E-state index in [2.05, 4.69) is 5.32 Å². The average molecular weight is 329 g/mol. The van der Waals surface area contributed by atoms with Crippen molar-refractivity contribution >= 4 is 28.8 Å². The maximum atomic E-state index is 12.3. The summed E-state index contributed by atoms with van der Waals surface area (Å²) in [6.07, 6.45) is 0. The van der Waals surface area contributed by atoms with Gasteiger partial charge in [0, 0.05) is 17.7 Å². The molecular formula is C15H11N3O6. The summed E-state index contributed by atoms with van der Waals surface area (Å²) >= 11 is 0. The molecule has 0 saturated heterocycles. The quantitative estimate of drug-likeness (QED) is 0.509. The number of hydrogen-bond acceptors (Lipinski definition) is 6. The number of carbonyl (C=O) groups excluding carboxylic acids is 2. The Kier molecular flexibility index (Phi) is 4.64. The van der Waals surface area contributed by atoms with Gasteiger partial charge < -0.3 is 5.32 Å². The van der Waals surface area contributed by atoms with Crippen molar-refractivity contribution in [2.75, 3.05) is 5.32 Å². The van der Waals surface area contributed by atoms with Crippen LogP contribution in [0.5, 0.6) is 0 Å². The highest BCUT2D eigenvalue weighted by Crippen LogP contribution is 2.24. The van der Waals surface area contributed by atoms with Crippen LogP contribution < -0.4 is 5.32 Å². The zero-order valence-corrected chi connectivity index (χ0v) is 12.4. The Morgan fingerprint density at radius 2 is 1.50 bits per heavy atom. The molecule has 0 aliphatic heterocycles. The number of nitro groups is 2. The summed E-state index contributed by atoms with van der Waals surface area (Å²) in [5.74, 6) is -1.08. The fraction of sp³-hybridized carbons (Fsp3) is 0.0667. The molecule has 0 aliphatic rings. The van der Waals surface area contributed by atoms with E-state index in [4.69, 9.17) is 0 Å². The summed E-state index contributed by atoms with van der Waals surface area (Å²) in [4.78, 5) is 43.9. The Hall–Kier alpha value is -3.62. The molecule has 9 nitrogen and oxygen atoms in total. The van der Waals surface area contributed by atoms with Gasteiger partial charge in [-0.2, -0.15) is 0 Å². The highest BCUT2D eigenvalue weighted by molar-refractivity contribution is 6.09. The van der Waals surface area contributed by atoms with Crippen LogP contribution in [0.15, 0.2) is 42.5 Å². The lowest BCUT2D eigenvalue weighted by molar-refractivity contribution is -0.394. The molecule has 0 radical (unpaired) electrons. The number of carbonyl (C=O) groups is 2. The van der Waals surface area contributed by atoms with Crippen LogP contribution in [0.25, 0.3) is 0 Å². The third-order valence-electron chi connectivity index (χ3n) is 3.14. The van der Waals surface area contributed by atoms with Gasteiger partial charge >= 0.3 is 0 Å². The third kappa shape index (κ3) is 3.58. The van der Waals surface area contributed by atoms with Gasteiger partial charge in [-0.3, -0.25) is 29.8 Å².